The molecule has 0 amide bonds. The molecule has 5 N–H and O–H groups in total. The van der Waals surface area contributed by atoms with Gasteiger partial charge in [0.05, 0.1) is 5.69 Å². The molecule has 14 heavy (non-hydrogen) atoms. The Morgan fingerprint density at radius 2 is 1.86 bits per heavy atom. The van der Waals surface area contributed by atoms with E-state index in [0.29, 0.717) is 23.5 Å². The van der Waals surface area contributed by atoms with Crippen molar-refractivity contribution in [1.29, 1.82) is 0 Å². The van der Waals surface area contributed by atoms with Crippen LogP contribution in [0.5, 0.6) is 0 Å². The van der Waals surface area contributed by atoms with Crippen LogP contribution in [0.4, 0.5) is 17.3 Å². The largest absolute Gasteiger partial charge is 0.396 e. The maximum atomic E-state index is 5.60. The number of pyridine rings is 1. The third-order valence-electron chi connectivity index (χ3n) is 2.33. The molecule has 0 bridgehead atoms. The van der Waals surface area contributed by atoms with E-state index in [0.717, 1.165) is 5.82 Å². The van der Waals surface area contributed by atoms with Crippen molar-refractivity contribution in [1.82, 2.24) is 4.98 Å². The highest BCUT2D eigenvalue weighted by molar-refractivity contribution is 5.61. The van der Waals surface area contributed by atoms with E-state index in [1.807, 2.05) is 6.07 Å². The lowest BCUT2D eigenvalue weighted by molar-refractivity contribution is 0.558. The van der Waals surface area contributed by atoms with Gasteiger partial charge in [-0.25, -0.2) is 4.98 Å². The minimum absolute atomic E-state index is 0.366. The van der Waals surface area contributed by atoms with Crippen LogP contribution in [0, 0.1) is 5.92 Å². The number of aromatic nitrogens is 1. The number of nitrogens with two attached hydrogens (primary N) is 2. The fourth-order valence-electron chi connectivity index (χ4n) is 0.966. The minimum Gasteiger partial charge on any atom is -0.396 e. The van der Waals surface area contributed by atoms with Crippen molar-refractivity contribution in [3.05, 3.63) is 12.1 Å². The van der Waals surface area contributed by atoms with Crippen molar-refractivity contribution in [2.75, 3.05) is 16.8 Å². The summed E-state index contributed by atoms with van der Waals surface area (Å²) in [4.78, 5) is 4.14. The molecule has 0 aliphatic carbocycles. The third kappa shape index (κ3) is 2.52. The standard InChI is InChI=1S/C10H18N4/c1-6(2)7(3)13-9-5-4-8(11)10(12)14-9/h4-7H,11H2,1-3H3,(H3,12,13,14). The lowest BCUT2D eigenvalue weighted by atomic mass is 10.1. The maximum absolute atomic E-state index is 5.60. The summed E-state index contributed by atoms with van der Waals surface area (Å²) >= 11 is 0. The molecule has 4 nitrogen and oxygen atoms in total. The molecule has 1 heterocycles. The molecule has 0 aliphatic heterocycles. The van der Waals surface area contributed by atoms with Crippen molar-refractivity contribution in [3.8, 4) is 0 Å². The van der Waals surface area contributed by atoms with Crippen molar-refractivity contribution >= 4 is 17.3 Å². The van der Waals surface area contributed by atoms with Gasteiger partial charge in [-0.3, -0.25) is 0 Å². The summed E-state index contributed by atoms with van der Waals surface area (Å²) in [6, 6.07) is 3.97. The fraction of sp³-hybridized carbons (Fsp3) is 0.500. The highest BCUT2D eigenvalue weighted by atomic mass is 15.0. The topological polar surface area (TPSA) is 77.0 Å². The molecular formula is C10H18N4. The van der Waals surface area contributed by atoms with Gasteiger partial charge in [0.15, 0.2) is 0 Å². The Bertz CT molecular complexity index is 309. The number of anilines is 3. The summed E-state index contributed by atoms with van der Waals surface area (Å²) in [6.07, 6.45) is 0. The van der Waals surface area contributed by atoms with Gasteiger partial charge in [0, 0.05) is 6.04 Å². The molecular weight excluding hydrogens is 176 g/mol. The monoisotopic (exact) mass is 194 g/mol. The first-order valence-electron chi connectivity index (χ1n) is 4.79. The van der Waals surface area contributed by atoms with Crippen molar-refractivity contribution < 1.29 is 0 Å². The van der Waals surface area contributed by atoms with Gasteiger partial charge in [-0.15, -0.1) is 0 Å². The zero-order valence-corrected chi connectivity index (χ0v) is 8.91. The van der Waals surface area contributed by atoms with Crippen molar-refractivity contribution in [2.45, 2.75) is 26.8 Å². The van der Waals surface area contributed by atoms with E-state index in [2.05, 4.69) is 31.1 Å². The van der Waals surface area contributed by atoms with Crippen LogP contribution in [0.15, 0.2) is 12.1 Å². The Morgan fingerprint density at radius 3 is 2.36 bits per heavy atom. The zero-order valence-electron chi connectivity index (χ0n) is 8.91. The van der Waals surface area contributed by atoms with Gasteiger partial charge in [-0.2, -0.15) is 0 Å². The summed E-state index contributed by atoms with van der Waals surface area (Å²) in [6.45, 7) is 6.41. The van der Waals surface area contributed by atoms with Gasteiger partial charge >= 0.3 is 0 Å². The summed E-state index contributed by atoms with van der Waals surface area (Å²) < 4.78 is 0. The van der Waals surface area contributed by atoms with Gasteiger partial charge < -0.3 is 16.8 Å². The lowest BCUT2D eigenvalue weighted by Gasteiger charge is -2.18. The van der Waals surface area contributed by atoms with Gasteiger partial charge in [0.1, 0.15) is 11.6 Å². The normalized spacial score (nSPS) is 12.9. The second kappa shape index (κ2) is 4.17. The van der Waals surface area contributed by atoms with Gasteiger partial charge in [0.25, 0.3) is 0 Å². The molecule has 0 aromatic carbocycles. The molecule has 78 valence electrons. The van der Waals surface area contributed by atoms with E-state index >= 15 is 0 Å². The van der Waals surface area contributed by atoms with Crippen LogP contribution in [-0.2, 0) is 0 Å². The Hall–Kier alpha value is -1.45. The molecule has 0 saturated heterocycles. The molecule has 1 aromatic heterocycles. The zero-order chi connectivity index (χ0) is 10.7. The first-order chi connectivity index (χ1) is 6.50. The van der Waals surface area contributed by atoms with E-state index in [1.165, 1.54) is 0 Å². The number of nitrogens with zero attached hydrogens (tertiary/aromatic N) is 1. The highest BCUT2D eigenvalue weighted by Gasteiger charge is 2.07. The molecule has 4 heteroatoms. The van der Waals surface area contributed by atoms with Crippen molar-refractivity contribution in [3.63, 3.8) is 0 Å². The van der Waals surface area contributed by atoms with E-state index in [4.69, 9.17) is 11.5 Å². The maximum Gasteiger partial charge on any atom is 0.149 e. The van der Waals surface area contributed by atoms with E-state index in [1.54, 1.807) is 6.07 Å². The number of hydrogen-bond donors (Lipinski definition) is 3. The second-order valence-electron chi connectivity index (χ2n) is 3.85. The Morgan fingerprint density at radius 1 is 1.21 bits per heavy atom. The van der Waals surface area contributed by atoms with E-state index in [9.17, 15) is 0 Å². The number of nitrogens with one attached hydrogen (secondary N) is 1. The van der Waals surface area contributed by atoms with Gasteiger partial charge in [-0.1, -0.05) is 13.8 Å². The Labute approximate surface area is 84.7 Å². The fourth-order valence-corrected chi connectivity index (χ4v) is 0.966. The van der Waals surface area contributed by atoms with Crippen molar-refractivity contribution in [2.24, 2.45) is 5.92 Å². The molecule has 0 saturated carbocycles. The van der Waals surface area contributed by atoms with E-state index in [-0.39, 0.29) is 0 Å². The first-order valence-corrected chi connectivity index (χ1v) is 4.79. The predicted octanol–water partition coefficient (Wildman–Crippen LogP) is 1.70. The molecule has 0 aliphatic rings. The van der Waals surface area contributed by atoms with Gasteiger partial charge in [0.2, 0.25) is 0 Å². The molecule has 1 rings (SSSR count). The quantitative estimate of drug-likeness (QED) is 0.684. The molecule has 1 atom stereocenters. The Balaban J connectivity index is 2.73. The molecule has 0 fully saturated rings. The van der Waals surface area contributed by atoms with Crippen LogP contribution in [0.3, 0.4) is 0 Å². The predicted molar refractivity (Wildman–Crippen MR) is 61.0 cm³/mol. The minimum atomic E-state index is 0.366. The van der Waals surface area contributed by atoms with Crippen LogP contribution in [-0.4, -0.2) is 11.0 Å². The molecule has 1 aromatic rings. The number of hydrogen-bond acceptors (Lipinski definition) is 4. The third-order valence-corrected chi connectivity index (χ3v) is 2.33. The summed E-state index contributed by atoms with van der Waals surface area (Å²) in [7, 11) is 0. The first kappa shape index (κ1) is 10.6. The number of nitrogen functional groups attached to an aromatic ring is 2. The van der Waals surface area contributed by atoms with Crippen LogP contribution in [0.25, 0.3) is 0 Å². The summed E-state index contributed by atoms with van der Waals surface area (Å²) in [5, 5.41) is 3.26. The second-order valence-corrected chi connectivity index (χ2v) is 3.85. The molecule has 0 spiro atoms. The average molecular weight is 194 g/mol. The SMILES string of the molecule is CC(C)C(C)Nc1ccc(N)c(N)n1. The average Bonchev–Trinajstić information content (AvgIpc) is 2.11. The highest BCUT2D eigenvalue weighted by Crippen LogP contribution is 2.16. The molecule has 0 radical (unpaired) electrons. The van der Waals surface area contributed by atoms with Crippen LogP contribution in [0.1, 0.15) is 20.8 Å². The number of rotatable bonds is 3. The lowest BCUT2D eigenvalue weighted by Crippen LogP contribution is -2.22. The summed E-state index contributed by atoms with van der Waals surface area (Å²) in [5.74, 6) is 1.71. The van der Waals surface area contributed by atoms with Crippen LogP contribution in [0.2, 0.25) is 0 Å². The molecule has 1 unspecified atom stereocenters. The van der Waals surface area contributed by atoms with Crippen LogP contribution < -0.4 is 16.8 Å². The smallest absolute Gasteiger partial charge is 0.149 e. The van der Waals surface area contributed by atoms with Gasteiger partial charge in [-0.05, 0) is 25.0 Å². The van der Waals surface area contributed by atoms with E-state index < -0.39 is 0 Å². The van der Waals surface area contributed by atoms with Crippen LogP contribution >= 0.6 is 0 Å². The summed E-state index contributed by atoms with van der Waals surface area (Å²) in [5.41, 5.74) is 11.7. The Kier molecular flexibility index (Phi) is 3.17.